The van der Waals surface area contributed by atoms with E-state index in [1.807, 2.05) is 12.1 Å². The predicted octanol–water partition coefficient (Wildman–Crippen LogP) is 5.80. The van der Waals surface area contributed by atoms with Crippen LogP contribution in [0.1, 0.15) is 53.7 Å². The number of alkyl halides is 2. The molecule has 0 N–H and O–H groups in total. The minimum absolute atomic E-state index is 0.450. The summed E-state index contributed by atoms with van der Waals surface area (Å²) in [5, 5.41) is 0. The summed E-state index contributed by atoms with van der Waals surface area (Å²) in [7, 11) is -2.92. The summed E-state index contributed by atoms with van der Waals surface area (Å²) >= 11 is 0. The Morgan fingerprint density at radius 3 is 2.46 bits per heavy atom. The number of pyridine rings is 2. The number of amides is 1. The maximum atomic E-state index is 15.4. The van der Waals surface area contributed by atoms with Gasteiger partial charge in [-0.05, 0) is 64.8 Å². The van der Waals surface area contributed by atoms with Crippen LogP contribution in [0.25, 0.3) is 17.2 Å². The fourth-order valence-electron chi connectivity index (χ4n) is 5.93. The molecule has 1 saturated heterocycles. The average Bonchev–Trinajstić information content (AvgIpc) is 2.98. The van der Waals surface area contributed by atoms with Crippen LogP contribution in [0.3, 0.4) is 0 Å². The molecule has 2 aromatic heterocycles. The van der Waals surface area contributed by atoms with Crippen molar-refractivity contribution in [1.82, 2.24) is 14.3 Å². The molecule has 2 aliphatic rings. The molecule has 2 fully saturated rings. The molecule has 4 rings (SSSR count). The number of nitrogens with zero attached hydrogens (tertiary/aromatic N) is 3. The molecule has 1 aliphatic heterocycles. The molecular formula is C28H35F2N3O5S. The second-order valence-electron chi connectivity index (χ2n) is 11.6. The van der Waals surface area contributed by atoms with Gasteiger partial charge in [0.2, 0.25) is 15.9 Å². The number of fused-ring (bicyclic) bond motifs is 1. The highest BCUT2D eigenvalue weighted by Crippen LogP contribution is 2.59. The second kappa shape index (κ2) is 9.83. The number of carbonyl (C=O) groups is 1. The molecule has 0 bridgehead atoms. The van der Waals surface area contributed by atoms with E-state index < -0.39 is 62.6 Å². The highest BCUT2D eigenvalue weighted by atomic mass is 32.2. The molecule has 11 heteroatoms. The van der Waals surface area contributed by atoms with Crippen LogP contribution in [-0.4, -0.2) is 58.2 Å². The van der Waals surface area contributed by atoms with E-state index in [2.05, 4.69) is 9.97 Å². The maximum Gasteiger partial charge on any atom is 0.424 e. The number of ether oxygens (including phenoxy) is 2. The summed E-state index contributed by atoms with van der Waals surface area (Å²) in [5.41, 5.74) is 1.09. The van der Waals surface area contributed by atoms with Gasteiger partial charge in [-0.15, -0.1) is 0 Å². The van der Waals surface area contributed by atoms with E-state index in [0.717, 1.165) is 11.1 Å². The van der Waals surface area contributed by atoms with Crippen molar-refractivity contribution in [1.29, 1.82) is 0 Å². The summed E-state index contributed by atoms with van der Waals surface area (Å²) in [6, 6.07) is 6.32. The van der Waals surface area contributed by atoms with Crippen molar-refractivity contribution in [2.45, 2.75) is 70.3 Å². The number of hydrogen-bond acceptors (Lipinski definition) is 7. The third-order valence-corrected chi connectivity index (χ3v) is 10.4. The lowest BCUT2D eigenvalue weighted by molar-refractivity contribution is -0.122. The van der Waals surface area contributed by atoms with Crippen molar-refractivity contribution in [2.75, 3.05) is 7.11 Å². The van der Waals surface area contributed by atoms with E-state index in [4.69, 9.17) is 9.47 Å². The summed E-state index contributed by atoms with van der Waals surface area (Å²) in [5.74, 6) is -5.62. The lowest BCUT2D eigenvalue weighted by Crippen LogP contribution is -2.56. The second-order valence-corrected chi connectivity index (χ2v) is 13.8. The van der Waals surface area contributed by atoms with Gasteiger partial charge >= 0.3 is 6.09 Å². The fourth-order valence-corrected chi connectivity index (χ4v) is 8.26. The van der Waals surface area contributed by atoms with Gasteiger partial charge in [0, 0.05) is 41.8 Å². The van der Waals surface area contributed by atoms with Gasteiger partial charge in [0.15, 0.2) is 0 Å². The van der Waals surface area contributed by atoms with Gasteiger partial charge in [0.1, 0.15) is 5.60 Å². The fraction of sp³-hybridized carbons (Fsp3) is 0.536. The van der Waals surface area contributed by atoms with Crippen LogP contribution in [0.4, 0.5) is 13.6 Å². The van der Waals surface area contributed by atoms with E-state index in [1.165, 1.54) is 21.0 Å². The highest BCUT2D eigenvalue weighted by Gasteiger charge is 2.71. The number of methoxy groups -OCH3 is 1. The Balaban J connectivity index is 1.69. The van der Waals surface area contributed by atoms with Crippen LogP contribution >= 0.6 is 0 Å². The van der Waals surface area contributed by atoms with Gasteiger partial charge in [0.05, 0.1) is 23.6 Å². The van der Waals surface area contributed by atoms with Crippen LogP contribution in [0.5, 0.6) is 5.88 Å². The largest absolute Gasteiger partial charge is 0.481 e. The normalized spacial score (nSPS) is 29.7. The molecule has 3 heterocycles. The Morgan fingerprint density at radius 1 is 1.18 bits per heavy atom. The van der Waals surface area contributed by atoms with Crippen molar-refractivity contribution < 1.29 is 31.5 Å². The first-order valence-electron chi connectivity index (χ1n) is 12.8. The Morgan fingerprint density at radius 2 is 1.87 bits per heavy atom. The van der Waals surface area contributed by atoms with Gasteiger partial charge in [-0.3, -0.25) is 4.98 Å². The van der Waals surface area contributed by atoms with Crippen molar-refractivity contribution in [3.05, 3.63) is 48.4 Å². The minimum Gasteiger partial charge on any atom is -0.481 e. The lowest BCUT2D eigenvalue weighted by Gasteiger charge is -2.46. The number of sulfonamides is 1. The summed E-state index contributed by atoms with van der Waals surface area (Å²) < 4.78 is 67.6. The zero-order valence-corrected chi connectivity index (χ0v) is 24.0. The molecule has 0 aromatic carbocycles. The molecule has 0 spiro atoms. The first kappa shape index (κ1) is 28.9. The first-order chi connectivity index (χ1) is 18.0. The smallest absolute Gasteiger partial charge is 0.424 e. The average molecular weight is 564 g/mol. The van der Waals surface area contributed by atoms with E-state index >= 15 is 8.78 Å². The zero-order valence-electron chi connectivity index (χ0n) is 23.2. The molecule has 212 valence electrons. The number of allylic oxidation sites excluding steroid dienone is 1. The molecule has 2 aromatic rings. The summed E-state index contributed by atoms with van der Waals surface area (Å²) in [6.07, 6.45) is 4.57. The number of halogens is 2. The number of rotatable bonds is 4. The number of carbonyl (C=O) groups excluding carboxylic acids is 1. The molecule has 0 unspecified atom stereocenters. The molecule has 1 aliphatic carbocycles. The Hall–Kier alpha value is -3.08. The van der Waals surface area contributed by atoms with Gasteiger partial charge in [-0.2, -0.15) is 0 Å². The van der Waals surface area contributed by atoms with Crippen molar-refractivity contribution in [2.24, 2.45) is 17.8 Å². The van der Waals surface area contributed by atoms with Gasteiger partial charge < -0.3 is 9.47 Å². The Bertz CT molecular complexity index is 1370. The monoisotopic (exact) mass is 563 g/mol. The Kier molecular flexibility index (Phi) is 7.29. The summed E-state index contributed by atoms with van der Waals surface area (Å²) in [4.78, 5) is 21.6. The van der Waals surface area contributed by atoms with E-state index in [0.29, 0.717) is 15.9 Å². The van der Waals surface area contributed by atoms with E-state index in [1.54, 1.807) is 64.4 Å². The zero-order chi connectivity index (χ0) is 29.0. The lowest BCUT2D eigenvalue weighted by atomic mass is 9.63. The molecule has 8 nitrogen and oxygen atoms in total. The van der Waals surface area contributed by atoms with Gasteiger partial charge in [-0.25, -0.2) is 31.3 Å². The van der Waals surface area contributed by atoms with Crippen molar-refractivity contribution in [3.8, 4) is 17.0 Å². The molecule has 5 atom stereocenters. The summed E-state index contributed by atoms with van der Waals surface area (Å²) in [6.45, 7) is 9.20. The number of aromatic nitrogens is 2. The molecular weight excluding hydrogens is 528 g/mol. The van der Waals surface area contributed by atoms with Crippen LogP contribution < -0.4 is 4.74 Å². The van der Waals surface area contributed by atoms with Crippen LogP contribution in [0, 0.1) is 17.8 Å². The minimum atomic E-state index is -4.45. The molecule has 1 saturated carbocycles. The topological polar surface area (TPSA) is 98.7 Å². The molecule has 39 heavy (non-hydrogen) atoms. The van der Waals surface area contributed by atoms with Crippen LogP contribution in [-0.2, 0) is 14.8 Å². The Labute approximate surface area is 228 Å². The van der Waals surface area contributed by atoms with E-state index in [-0.39, 0.29) is 0 Å². The van der Waals surface area contributed by atoms with Crippen molar-refractivity contribution in [3.63, 3.8) is 0 Å². The molecule has 0 radical (unpaired) electrons. The number of hydrogen-bond donors (Lipinski definition) is 0. The van der Waals surface area contributed by atoms with Crippen molar-refractivity contribution >= 4 is 22.2 Å². The SMILES string of the molecule is COc1ncccc1-c1ccc(C=C[C@@H]2[C@@H]3[C@@H](C)N(C(=O)OC(C)(C)C)S(=O)(=O)[C@]3(C)CC(F)(F)[C@H]2C)nc1. The standard InChI is InChI=1S/C28H35F2N3O5S/c1-17-21(13-12-20-11-10-19(15-32-20)22-9-8-14-31-24(22)37-7)23-18(2)33(25(34)38-26(3,4)5)39(35,36)27(23,6)16-28(17,29)30/h8-15,17-18,21,23H,16H2,1-7H3/t17-,18+,21-,23-,27+/m0/s1. The first-order valence-corrected chi connectivity index (χ1v) is 14.3. The third-order valence-electron chi connectivity index (χ3n) is 7.81. The maximum absolute atomic E-state index is 15.4. The van der Waals surface area contributed by atoms with Gasteiger partial charge in [-0.1, -0.05) is 19.1 Å². The highest BCUT2D eigenvalue weighted by molar-refractivity contribution is 7.91. The quantitative estimate of drug-likeness (QED) is 0.464. The van der Waals surface area contributed by atoms with Gasteiger partial charge in [0.25, 0.3) is 5.92 Å². The third kappa shape index (κ3) is 5.01. The predicted molar refractivity (Wildman–Crippen MR) is 144 cm³/mol. The molecule has 1 amide bonds. The van der Waals surface area contributed by atoms with Crippen LogP contribution in [0.15, 0.2) is 42.7 Å². The van der Waals surface area contributed by atoms with Crippen LogP contribution in [0.2, 0.25) is 0 Å². The van der Waals surface area contributed by atoms with E-state index in [9.17, 15) is 13.2 Å².